The Bertz CT molecular complexity index is 1180. The number of hydrogen-bond acceptors (Lipinski definition) is 5. The lowest BCUT2D eigenvalue weighted by molar-refractivity contribution is -0.116. The number of carbonyl (C=O) groups excluding carboxylic acids is 1. The van der Waals surface area contributed by atoms with E-state index in [1.807, 2.05) is 18.2 Å². The summed E-state index contributed by atoms with van der Waals surface area (Å²) in [6, 6.07) is 16.1. The SMILES string of the molecule is Cc1sc2ncnc(NCCCC(=O)Nc3cccc(F)c3)c2c1-c1ccccc1. The number of hydrogen-bond donors (Lipinski definition) is 2. The minimum absolute atomic E-state index is 0.147. The number of anilines is 2. The van der Waals surface area contributed by atoms with Gasteiger partial charge in [-0.3, -0.25) is 4.79 Å². The summed E-state index contributed by atoms with van der Waals surface area (Å²) in [5, 5.41) is 7.08. The Morgan fingerprint density at radius 3 is 2.73 bits per heavy atom. The van der Waals surface area contributed by atoms with Crippen molar-refractivity contribution in [3.05, 3.63) is 71.6 Å². The van der Waals surface area contributed by atoms with E-state index >= 15 is 0 Å². The molecule has 1 amide bonds. The number of aryl methyl sites for hydroxylation is 1. The number of nitrogens with zero attached hydrogens (tertiary/aromatic N) is 2. The summed E-state index contributed by atoms with van der Waals surface area (Å²) >= 11 is 1.65. The fourth-order valence-corrected chi connectivity index (χ4v) is 4.39. The van der Waals surface area contributed by atoms with E-state index in [4.69, 9.17) is 0 Å². The van der Waals surface area contributed by atoms with E-state index in [2.05, 4.69) is 39.7 Å². The van der Waals surface area contributed by atoms with Gasteiger partial charge in [-0.2, -0.15) is 0 Å². The highest BCUT2D eigenvalue weighted by molar-refractivity contribution is 7.19. The molecule has 0 saturated carbocycles. The highest BCUT2D eigenvalue weighted by atomic mass is 32.1. The molecular formula is C23H21FN4OS. The van der Waals surface area contributed by atoms with Crippen molar-refractivity contribution in [1.82, 2.24) is 9.97 Å². The molecule has 0 spiro atoms. The second kappa shape index (κ2) is 9.00. The quantitative estimate of drug-likeness (QED) is 0.380. The van der Waals surface area contributed by atoms with Gasteiger partial charge < -0.3 is 10.6 Å². The van der Waals surface area contributed by atoms with E-state index in [1.165, 1.54) is 17.0 Å². The first kappa shape index (κ1) is 20.0. The van der Waals surface area contributed by atoms with Crippen LogP contribution >= 0.6 is 11.3 Å². The molecule has 0 aliphatic rings. The average molecular weight is 421 g/mol. The molecule has 0 saturated heterocycles. The third kappa shape index (κ3) is 4.46. The second-order valence-corrected chi connectivity index (χ2v) is 8.09. The highest BCUT2D eigenvalue weighted by Gasteiger charge is 2.16. The van der Waals surface area contributed by atoms with Gasteiger partial charge in [0.05, 0.1) is 5.39 Å². The van der Waals surface area contributed by atoms with Crippen molar-refractivity contribution in [3.8, 4) is 11.1 Å². The molecule has 0 atom stereocenters. The molecule has 30 heavy (non-hydrogen) atoms. The van der Waals surface area contributed by atoms with Crippen LogP contribution in [0.5, 0.6) is 0 Å². The predicted octanol–water partition coefficient (Wildman–Crippen LogP) is 5.64. The smallest absolute Gasteiger partial charge is 0.224 e. The Hall–Kier alpha value is -3.32. The van der Waals surface area contributed by atoms with E-state index in [0.717, 1.165) is 27.2 Å². The topological polar surface area (TPSA) is 66.9 Å². The number of fused-ring (bicyclic) bond motifs is 1. The van der Waals surface area contributed by atoms with Crippen molar-refractivity contribution in [2.75, 3.05) is 17.2 Å². The molecule has 0 radical (unpaired) electrons. The zero-order valence-corrected chi connectivity index (χ0v) is 17.3. The van der Waals surface area contributed by atoms with Gasteiger partial charge in [-0.05, 0) is 37.1 Å². The van der Waals surface area contributed by atoms with Gasteiger partial charge in [0, 0.05) is 29.1 Å². The lowest BCUT2D eigenvalue weighted by Gasteiger charge is -2.09. The lowest BCUT2D eigenvalue weighted by Crippen LogP contribution is -2.13. The van der Waals surface area contributed by atoms with Crippen LogP contribution in [0.3, 0.4) is 0 Å². The molecule has 0 aliphatic carbocycles. The number of halogens is 1. The predicted molar refractivity (Wildman–Crippen MR) is 120 cm³/mol. The Kier molecular flexibility index (Phi) is 5.99. The number of benzene rings is 2. The number of amides is 1. The van der Waals surface area contributed by atoms with Gasteiger partial charge in [0.2, 0.25) is 5.91 Å². The number of carbonyl (C=O) groups is 1. The third-order valence-electron chi connectivity index (χ3n) is 4.71. The standard InChI is InChI=1S/C23H21FN4OS/c1-15-20(16-7-3-2-4-8-16)21-22(26-14-27-23(21)30-15)25-12-6-11-19(29)28-18-10-5-9-17(24)13-18/h2-5,7-10,13-14H,6,11-12H2,1H3,(H,28,29)(H,25,26,27). The van der Waals surface area contributed by atoms with E-state index < -0.39 is 0 Å². The zero-order chi connectivity index (χ0) is 20.9. The molecule has 7 heteroatoms. The van der Waals surface area contributed by atoms with Crippen LogP contribution in [0.25, 0.3) is 21.3 Å². The first-order valence-electron chi connectivity index (χ1n) is 9.70. The maximum Gasteiger partial charge on any atom is 0.224 e. The van der Waals surface area contributed by atoms with E-state index in [9.17, 15) is 9.18 Å². The maximum absolute atomic E-state index is 13.2. The summed E-state index contributed by atoms with van der Waals surface area (Å²) in [6.07, 6.45) is 2.51. The Morgan fingerprint density at radius 2 is 1.93 bits per heavy atom. The van der Waals surface area contributed by atoms with Crippen molar-refractivity contribution in [1.29, 1.82) is 0 Å². The molecule has 0 aliphatic heterocycles. The summed E-state index contributed by atoms with van der Waals surface area (Å²) in [4.78, 5) is 23.1. The number of nitrogens with one attached hydrogen (secondary N) is 2. The van der Waals surface area contributed by atoms with Gasteiger partial charge in [-0.1, -0.05) is 36.4 Å². The fourth-order valence-electron chi connectivity index (χ4n) is 3.38. The number of thiophene rings is 1. The van der Waals surface area contributed by atoms with Crippen LogP contribution in [0.1, 0.15) is 17.7 Å². The van der Waals surface area contributed by atoms with Gasteiger partial charge >= 0.3 is 0 Å². The molecule has 0 unspecified atom stereocenters. The monoisotopic (exact) mass is 420 g/mol. The summed E-state index contributed by atoms with van der Waals surface area (Å²) in [6.45, 7) is 2.68. The van der Waals surface area contributed by atoms with Crippen LogP contribution < -0.4 is 10.6 Å². The molecule has 0 fully saturated rings. The summed E-state index contributed by atoms with van der Waals surface area (Å²) < 4.78 is 13.2. The normalized spacial score (nSPS) is 10.9. The van der Waals surface area contributed by atoms with E-state index in [1.54, 1.807) is 29.8 Å². The Balaban J connectivity index is 1.43. The van der Waals surface area contributed by atoms with Crippen LogP contribution in [-0.2, 0) is 4.79 Å². The van der Waals surface area contributed by atoms with Crippen LogP contribution in [0, 0.1) is 12.7 Å². The summed E-state index contributed by atoms with van der Waals surface area (Å²) in [5.74, 6) is 0.253. The molecule has 4 aromatic rings. The van der Waals surface area contributed by atoms with Gasteiger partial charge in [-0.25, -0.2) is 14.4 Å². The van der Waals surface area contributed by atoms with Crippen molar-refractivity contribution >= 4 is 39.0 Å². The van der Waals surface area contributed by atoms with Gasteiger partial charge in [0.1, 0.15) is 22.8 Å². The van der Waals surface area contributed by atoms with Crippen molar-refractivity contribution in [2.45, 2.75) is 19.8 Å². The largest absolute Gasteiger partial charge is 0.369 e. The summed E-state index contributed by atoms with van der Waals surface area (Å²) in [5.41, 5.74) is 2.74. The number of rotatable bonds is 7. The highest BCUT2D eigenvalue weighted by Crippen LogP contribution is 2.40. The van der Waals surface area contributed by atoms with Gasteiger partial charge in [0.15, 0.2) is 0 Å². The molecule has 2 aromatic heterocycles. The third-order valence-corrected chi connectivity index (χ3v) is 5.72. The van der Waals surface area contributed by atoms with Crippen LogP contribution in [0.2, 0.25) is 0 Å². The fraction of sp³-hybridized carbons (Fsp3) is 0.174. The molecule has 2 N–H and O–H groups in total. The average Bonchev–Trinajstić information content (AvgIpc) is 3.08. The van der Waals surface area contributed by atoms with Crippen molar-refractivity contribution < 1.29 is 9.18 Å². The number of aromatic nitrogens is 2. The van der Waals surface area contributed by atoms with Crippen molar-refractivity contribution in [3.63, 3.8) is 0 Å². The van der Waals surface area contributed by atoms with Crippen molar-refractivity contribution in [2.24, 2.45) is 0 Å². The summed E-state index contributed by atoms with van der Waals surface area (Å²) in [7, 11) is 0. The molecule has 2 aromatic carbocycles. The maximum atomic E-state index is 13.2. The zero-order valence-electron chi connectivity index (χ0n) is 16.5. The first-order chi connectivity index (χ1) is 14.6. The second-order valence-electron chi connectivity index (χ2n) is 6.89. The minimum atomic E-state index is -0.373. The minimum Gasteiger partial charge on any atom is -0.369 e. The lowest BCUT2D eigenvalue weighted by atomic mass is 10.0. The molecular weight excluding hydrogens is 399 g/mol. The van der Waals surface area contributed by atoms with Crippen LogP contribution in [0.4, 0.5) is 15.9 Å². The Morgan fingerprint density at radius 1 is 1.10 bits per heavy atom. The Labute approximate surface area is 178 Å². The molecule has 2 heterocycles. The van der Waals surface area contributed by atoms with Crippen LogP contribution in [-0.4, -0.2) is 22.4 Å². The molecule has 5 nitrogen and oxygen atoms in total. The van der Waals surface area contributed by atoms with Gasteiger partial charge in [0.25, 0.3) is 0 Å². The van der Waals surface area contributed by atoms with E-state index in [-0.39, 0.29) is 11.7 Å². The molecule has 4 rings (SSSR count). The molecule has 0 bridgehead atoms. The van der Waals surface area contributed by atoms with E-state index in [0.29, 0.717) is 25.1 Å². The van der Waals surface area contributed by atoms with Gasteiger partial charge in [-0.15, -0.1) is 11.3 Å². The first-order valence-corrected chi connectivity index (χ1v) is 10.5. The molecule has 152 valence electrons. The van der Waals surface area contributed by atoms with Crippen LogP contribution in [0.15, 0.2) is 60.9 Å².